The van der Waals surface area contributed by atoms with E-state index < -0.39 is 0 Å². The first-order chi connectivity index (χ1) is 8.33. The van der Waals surface area contributed by atoms with Crippen LogP contribution in [0.4, 0.5) is 0 Å². The van der Waals surface area contributed by atoms with Crippen LogP contribution in [-0.4, -0.2) is 31.2 Å². The zero-order chi connectivity index (χ0) is 11.7. The number of nitrogens with one attached hydrogen (secondary N) is 2. The molecule has 2 aromatic rings. The van der Waals surface area contributed by atoms with E-state index in [2.05, 4.69) is 30.5 Å². The molecule has 0 saturated heterocycles. The molecule has 1 aliphatic carbocycles. The first-order valence-electron chi connectivity index (χ1n) is 5.74. The Morgan fingerprint density at radius 3 is 2.94 bits per heavy atom. The second-order valence-electron chi connectivity index (χ2n) is 4.29. The smallest absolute Gasteiger partial charge is 0.197 e. The molecule has 0 aromatic carbocycles. The van der Waals surface area contributed by atoms with Gasteiger partial charge in [0, 0.05) is 30.0 Å². The number of aromatic amines is 1. The summed E-state index contributed by atoms with van der Waals surface area (Å²) in [6, 6.07) is 0.698. The van der Waals surface area contributed by atoms with Crippen molar-refractivity contribution in [1.29, 1.82) is 0 Å². The highest BCUT2D eigenvalue weighted by Gasteiger charge is 2.20. The minimum absolute atomic E-state index is 0.593. The molecule has 0 radical (unpaired) electrons. The molecule has 6 heteroatoms. The molecule has 88 valence electrons. The zero-order valence-corrected chi connectivity index (χ0v) is 9.64. The summed E-state index contributed by atoms with van der Waals surface area (Å²) in [6.45, 7) is 2.83. The van der Waals surface area contributed by atoms with Crippen LogP contribution in [0.15, 0.2) is 12.5 Å². The Balaban J connectivity index is 1.78. The van der Waals surface area contributed by atoms with Gasteiger partial charge in [-0.3, -0.25) is 5.10 Å². The Kier molecular flexibility index (Phi) is 2.56. The Bertz CT molecular complexity index is 503. The molecule has 2 heterocycles. The van der Waals surface area contributed by atoms with E-state index in [9.17, 15) is 0 Å². The highest BCUT2D eigenvalue weighted by molar-refractivity contribution is 5.42. The lowest BCUT2D eigenvalue weighted by molar-refractivity contribution is 0.679. The van der Waals surface area contributed by atoms with Gasteiger partial charge in [0.05, 0.1) is 0 Å². The van der Waals surface area contributed by atoms with Gasteiger partial charge in [0.25, 0.3) is 0 Å². The molecular weight excluding hydrogens is 216 g/mol. The molecule has 6 nitrogen and oxygen atoms in total. The maximum atomic E-state index is 4.43. The van der Waals surface area contributed by atoms with Crippen LogP contribution in [0, 0.1) is 6.92 Å². The molecule has 0 spiro atoms. The third kappa shape index (κ3) is 2.31. The molecule has 1 aliphatic rings. The van der Waals surface area contributed by atoms with Gasteiger partial charge in [0.1, 0.15) is 6.33 Å². The number of rotatable bonds is 4. The van der Waals surface area contributed by atoms with Gasteiger partial charge in [0.15, 0.2) is 11.6 Å². The van der Waals surface area contributed by atoms with E-state index in [0.29, 0.717) is 17.7 Å². The molecule has 2 N–H and O–H groups in total. The average molecular weight is 230 g/mol. The topological polar surface area (TPSA) is 79.4 Å². The lowest BCUT2D eigenvalue weighted by Crippen LogP contribution is -2.16. The Labute approximate surface area is 98.9 Å². The maximum Gasteiger partial charge on any atom is 0.197 e. The summed E-state index contributed by atoms with van der Waals surface area (Å²) in [4.78, 5) is 12.8. The van der Waals surface area contributed by atoms with Gasteiger partial charge in [-0.2, -0.15) is 5.10 Å². The van der Waals surface area contributed by atoms with Gasteiger partial charge in [-0.05, 0) is 19.8 Å². The Morgan fingerprint density at radius 2 is 2.29 bits per heavy atom. The zero-order valence-electron chi connectivity index (χ0n) is 9.64. The fourth-order valence-electron chi connectivity index (χ4n) is 1.63. The molecular formula is C11H14N6. The molecule has 0 amide bonds. The highest BCUT2D eigenvalue weighted by atomic mass is 15.2. The summed E-state index contributed by atoms with van der Waals surface area (Å²) >= 11 is 0. The van der Waals surface area contributed by atoms with Crippen molar-refractivity contribution in [2.75, 3.05) is 0 Å². The van der Waals surface area contributed by atoms with Gasteiger partial charge in [-0.15, -0.1) is 0 Å². The van der Waals surface area contributed by atoms with Crippen LogP contribution in [0.3, 0.4) is 0 Å². The largest absolute Gasteiger partial charge is 0.310 e. The molecule has 0 bridgehead atoms. The first-order valence-corrected chi connectivity index (χ1v) is 5.74. The average Bonchev–Trinajstić information content (AvgIpc) is 3.00. The monoisotopic (exact) mass is 230 g/mol. The molecule has 1 saturated carbocycles. The number of H-pyrrole nitrogens is 1. The van der Waals surface area contributed by atoms with Crippen molar-refractivity contribution in [3.05, 3.63) is 23.8 Å². The van der Waals surface area contributed by atoms with E-state index in [1.807, 2.05) is 13.1 Å². The molecule has 17 heavy (non-hydrogen) atoms. The van der Waals surface area contributed by atoms with E-state index in [4.69, 9.17) is 0 Å². The highest BCUT2D eigenvalue weighted by Crippen LogP contribution is 2.19. The number of hydrogen-bond donors (Lipinski definition) is 2. The first kappa shape index (κ1) is 10.3. The van der Waals surface area contributed by atoms with Crippen LogP contribution >= 0.6 is 0 Å². The summed E-state index contributed by atoms with van der Waals surface area (Å²) < 4.78 is 0. The lowest BCUT2D eigenvalue weighted by Gasteiger charge is -2.06. The van der Waals surface area contributed by atoms with Crippen LogP contribution < -0.4 is 5.32 Å². The standard InChI is InChI=1S/C11H14N6/c1-7-8(4-12-9-2-3-9)5-13-10(16-7)11-14-6-15-17-11/h5-6,9,12H,2-4H2,1H3,(H,14,15,17). The number of hydrogen-bond acceptors (Lipinski definition) is 5. The van der Waals surface area contributed by atoms with E-state index in [0.717, 1.165) is 17.8 Å². The predicted octanol–water partition coefficient (Wildman–Crippen LogP) is 0.822. The number of nitrogens with zero attached hydrogens (tertiary/aromatic N) is 4. The van der Waals surface area contributed by atoms with Crippen molar-refractivity contribution >= 4 is 0 Å². The van der Waals surface area contributed by atoms with Gasteiger partial charge in [0.2, 0.25) is 0 Å². The molecule has 0 atom stereocenters. The fourth-order valence-corrected chi connectivity index (χ4v) is 1.63. The van der Waals surface area contributed by atoms with Crippen LogP contribution in [0.2, 0.25) is 0 Å². The summed E-state index contributed by atoms with van der Waals surface area (Å²) in [5.74, 6) is 1.20. The van der Waals surface area contributed by atoms with E-state index >= 15 is 0 Å². The second-order valence-corrected chi connectivity index (χ2v) is 4.29. The van der Waals surface area contributed by atoms with Crippen molar-refractivity contribution in [3.8, 4) is 11.6 Å². The van der Waals surface area contributed by atoms with Crippen LogP contribution in [0.25, 0.3) is 11.6 Å². The fraction of sp³-hybridized carbons (Fsp3) is 0.455. The number of aryl methyl sites for hydroxylation is 1. The summed E-state index contributed by atoms with van der Waals surface area (Å²) in [5.41, 5.74) is 2.12. The van der Waals surface area contributed by atoms with Crippen molar-refractivity contribution in [3.63, 3.8) is 0 Å². The summed E-state index contributed by atoms with van der Waals surface area (Å²) in [7, 11) is 0. The molecule has 2 aromatic heterocycles. The van der Waals surface area contributed by atoms with Crippen LogP contribution in [0.1, 0.15) is 24.1 Å². The summed E-state index contributed by atoms with van der Waals surface area (Å²) in [6.07, 6.45) is 5.89. The third-order valence-corrected chi connectivity index (χ3v) is 2.87. The van der Waals surface area contributed by atoms with Gasteiger partial charge in [-0.1, -0.05) is 0 Å². The Morgan fingerprint density at radius 1 is 1.41 bits per heavy atom. The van der Waals surface area contributed by atoms with Gasteiger partial charge in [-0.25, -0.2) is 15.0 Å². The van der Waals surface area contributed by atoms with Gasteiger partial charge < -0.3 is 5.32 Å². The normalized spacial score (nSPS) is 15.1. The van der Waals surface area contributed by atoms with Crippen LogP contribution in [-0.2, 0) is 6.54 Å². The van der Waals surface area contributed by atoms with E-state index in [-0.39, 0.29) is 0 Å². The number of aromatic nitrogens is 5. The van der Waals surface area contributed by atoms with Crippen molar-refractivity contribution in [2.24, 2.45) is 0 Å². The van der Waals surface area contributed by atoms with Crippen molar-refractivity contribution in [1.82, 2.24) is 30.5 Å². The maximum absolute atomic E-state index is 4.43. The van der Waals surface area contributed by atoms with Crippen molar-refractivity contribution in [2.45, 2.75) is 32.4 Å². The lowest BCUT2D eigenvalue weighted by atomic mass is 10.2. The van der Waals surface area contributed by atoms with Crippen molar-refractivity contribution < 1.29 is 0 Å². The van der Waals surface area contributed by atoms with E-state index in [1.165, 1.54) is 19.2 Å². The molecule has 3 rings (SSSR count). The summed E-state index contributed by atoms with van der Waals surface area (Å²) in [5, 5.41) is 10.0. The molecule has 0 aliphatic heterocycles. The minimum atomic E-state index is 0.593. The second kappa shape index (κ2) is 4.21. The predicted molar refractivity (Wildman–Crippen MR) is 62.0 cm³/mol. The molecule has 1 fully saturated rings. The van der Waals surface area contributed by atoms with Crippen LogP contribution in [0.5, 0.6) is 0 Å². The molecule has 0 unspecified atom stereocenters. The third-order valence-electron chi connectivity index (χ3n) is 2.87. The SMILES string of the molecule is Cc1nc(-c2ncn[nH]2)ncc1CNC1CC1. The Hall–Kier alpha value is -1.82. The van der Waals surface area contributed by atoms with E-state index in [1.54, 1.807) is 0 Å². The van der Waals surface area contributed by atoms with Gasteiger partial charge >= 0.3 is 0 Å². The minimum Gasteiger partial charge on any atom is -0.310 e. The quantitative estimate of drug-likeness (QED) is 0.813.